The lowest BCUT2D eigenvalue weighted by Gasteiger charge is -2.18. The number of ether oxygens (including phenoxy) is 3. The van der Waals surface area contributed by atoms with Gasteiger partial charge < -0.3 is 19.3 Å². The number of carbonyl (C=O) groups excluding carboxylic acids is 1. The number of phenols is 1. The predicted octanol–water partition coefficient (Wildman–Crippen LogP) is 1.58. The summed E-state index contributed by atoms with van der Waals surface area (Å²) in [5.74, 6) is 0.0948. The zero-order valence-electron chi connectivity index (χ0n) is 17.7. The molecule has 0 aliphatic rings. The third-order valence-electron chi connectivity index (χ3n) is 4.11. The van der Waals surface area contributed by atoms with E-state index in [0.29, 0.717) is 17.9 Å². The number of amides is 1. The predicted molar refractivity (Wildman–Crippen MR) is 114 cm³/mol. The fourth-order valence-electron chi connectivity index (χ4n) is 2.54. The minimum Gasteiger partial charge on any atom is -0.504 e. The van der Waals surface area contributed by atoms with Crippen molar-refractivity contribution in [1.29, 1.82) is 0 Å². The van der Waals surface area contributed by atoms with E-state index in [1.54, 1.807) is 25.1 Å². The van der Waals surface area contributed by atoms with Crippen molar-refractivity contribution in [2.75, 3.05) is 34.4 Å². The van der Waals surface area contributed by atoms with Gasteiger partial charge in [0.2, 0.25) is 10.0 Å². The molecule has 0 saturated heterocycles. The zero-order valence-corrected chi connectivity index (χ0v) is 18.5. The minimum absolute atomic E-state index is 0.0113. The minimum atomic E-state index is -4.03. The van der Waals surface area contributed by atoms with Crippen LogP contribution in [0.2, 0.25) is 0 Å². The molecule has 31 heavy (non-hydrogen) atoms. The van der Waals surface area contributed by atoms with Gasteiger partial charge in [-0.25, -0.2) is 13.8 Å². The molecule has 0 radical (unpaired) electrons. The van der Waals surface area contributed by atoms with Crippen LogP contribution in [0.3, 0.4) is 0 Å². The summed E-state index contributed by atoms with van der Waals surface area (Å²) in [6.45, 7) is 1.69. The molecule has 0 saturated carbocycles. The number of nitrogens with zero attached hydrogens (tertiary/aromatic N) is 2. The molecule has 10 nitrogen and oxygen atoms in total. The van der Waals surface area contributed by atoms with E-state index in [-0.39, 0.29) is 22.1 Å². The second-order valence-corrected chi connectivity index (χ2v) is 8.24. The molecule has 2 N–H and O–H groups in total. The fourth-order valence-corrected chi connectivity index (χ4v) is 3.83. The van der Waals surface area contributed by atoms with Gasteiger partial charge in [-0.2, -0.15) is 9.41 Å². The van der Waals surface area contributed by atoms with Crippen molar-refractivity contribution < 1.29 is 32.5 Å². The number of phenolic OH excluding ortho intramolecular Hbond substituents is 1. The Morgan fingerprint density at radius 2 is 1.90 bits per heavy atom. The smallest absolute Gasteiger partial charge is 0.255 e. The van der Waals surface area contributed by atoms with E-state index >= 15 is 0 Å². The van der Waals surface area contributed by atoms with E-state index in [0.717, 1.165) is 4.31 Å². The third-order valence-corrected chi connectivity index (χ3v) is 5.94. The number of likely N-dealkylation sites (N-methyl/N-ethyl adjacent to an activating group) is 1. The summed E-state index contributed by atoms with van der Waals surface area (Å²) >= 11 is 0. The summed E-state index contributed by atoms with van der Waals surface area (Å²) in [5, 5.41) is 13.5. The van der Waals surface area contributed by atoms with Crippen LogP contribution in [0, 0.1) is 0 Å². The molecule has 1 amide bonds. The number of rotatable bonds is 10. The number of hydrazone groups is 1. The van der Waals surface area contributed by atoms with Gasteiger partial charge in [-0.3, -0.25) is 4.79 Å². The molecule has 0 spiro atoms. The first-order valence-electron chi connectivity index (χ1n) is 9.19. The number of nitrogens with one attached hydrogen (secondary N) is 1. The molecule has 0 aliphatic heterocycles. The number of sulfonamides is 1. The van der Waals surface area contributed by atoms with Gasteiger partial charge in [-0.1, -0.05) is 0 Å². The number of hydrogen-bond donors (Lipinski definition) is 2. The van der Waals surface area contributed by atoms with E-state index in [4.69, 9.17) is 14.2 Å². The first-order valence-corrected chi connectivity index (χ1v) is 10.6. The molecule has 11 heteroatoms. The molecular formula is C20H25N3O7S. The molecule has 2 aromatic carbocycles. The van der Waals surface area contributed by atoms with E-state index in [2.05, 4.69) is 10.5 Å². The molecule has 0 bridgehead atoms. The summed E-state index contributed by atoms with van der Waals surface area (Å²) < 4.78 is 42.1. The van der Waals surface area contributed by atoms with Gasteiger partial charge in [-0.05, 0) is 42.8 Å². The quantitative estimate of drug-likeness (QED) is 0.415. The first kappa shape index (κ1) is 24.0. The van der Waals surface area contributed by atoms with Crippen LogP contribution >= 0.6 is 0 Å². The Bertz CT molecular complexity index is 1050. The van der Waals surface area contributed by atoms with Gasteiger partial charge in [0.15, 0.2) is 11.5 Å². The van der Waals surface area contributed by atoms with Crippen molar-refractivity contribution in [3.63, 3.8) is 0 Å². The third kappa shape index (κ3) is 6.09. The molecule has 0 unspecified atom stereocenters. The average Bonchev–Trinajstić information content (AvgIpc) is 2.75. The summed E-state index contributed by atoms with van der Waals surface area (Å²) in [6, 6.07) is 8.94. The van der Waals surface area contributed by atoms with Crippen LogP contribution in [0.25, 0.3) is 0 Å². The first-order chi connectivity index (χ1) is 14.7. The second-order valence-electron chi connectivity index (χ2n) is 6.23. The van der Waals surface area contributed by atoms with Gasteiger partial charge >= 0.3 is 0 Å². The van der Waals surface area contributed by atoms with Crippen LogP contribution < -0.4 is 19.6 Å². The van der Waals surface area contributed by atoms with E-state index in [1.165, 1.54) is 45.7 Å². The van der Waals surface area contributed by atoms with Crippen molar-refractivity contribution in [2.45, 2.75) is 11.8 Å². The lowest BCUT2D eigenvalue weighted by molar-refractivity contribution is -0.121. The van der Waals surface area contributed by atoms with Crippen LogP contribution in [-0.4, -0.2) is 64.4 Å². The van der Waals surface area contributed by atoms with Crippen LogP contribution in [0.1, 0.15) is 12.5 Å². The molecule has 0 heterocycles. The molecule has 0 aromatic heterocycles. The highest BCUT2D eigenvalue weighted by molar-refractivity contribution is 7.89. The van der Waals surface area contributed by atoms with Crippen molar-refractivity contribution in [3.05, 3.63) is 42.0 Å². The Balaban J connectivity index is 2.07. The van der Waals surface area contributed by atoms with Crippen LogP contribution in [0.4, 0.5) is 0 Å². The SMILES string of the molecule is CCOc1cc(/C=N/NC(=O)CN(C)S(=O)(=O)c2cc(OC)ccc2OC)ccc1O. The molecule has 2 aromatic rings. The Labute approximate surface area is 181 Å². The summed E-state index contributed by atoms with van der Waals surface area (Å²) in [6.07, 6.45) is 1.35. The van der Waals surface area contributed by atoms with Crippen LogP contribution in [0.15, 0.2) is 46.4 Å². The van der Waals surface area contributed by atoms with Gasteiger partial charge in [0.25, 0.3) is 5.91 Å². The highest BCUT2D eigenvalue weighted by atomic mass is 32.2. The van der Waals surface area contributed by atoms with Gasteiger partial charge in [0, 0.05) is 13.1 Å². The largest absolute Gasteiger partial charge is 0.504 e. The van der Waals surface area contributed by atoms with Gasteiger partial charge in [-0.15, -0.1) is 0 Å². The molecule has 168 valence electrons. The zero-order chi connectivity index (χ0) is 23.0. The number of benzene rings is 2. The standard InChI is InChI=1S/C20H25N3O7S/c1-5-30-18-10-14(6-8-16(18)24)12-21-22-20(25)13-23(2)31(26,27)19-11-15(28-3)7-9-17(19)29-4/h6-12,24H,5,13H2,1-4H3,(H,22,25)/b21-12+. The Morgan fingerprint density at radius 1 is 1.16 bits per heavy atom. The van der Waals surface area contributed by atoms with E-state index in [9.17, 15) is 18.3 Å². The Morgan fingerprint density at radius 3 is 2.55 bits per heavy atom. The van der Waals surface area contributed by atoms with E-state index in [1.807, 2.05) is 0 Å². The maximum Gasteiger partial charge on any atom is 0.255 e. The maximum absolute atomic E-state index is 12.9. The molecule has 0 atom stereocenters. The molecule has 0 fully saturated rings. The van der Waals surface area contributed by atoms with Gasteiger partial charge in [0.1, 0.15) is 16.4 Å². The lowest BCUT2D eigenvalue weighted by Crippen LogP contribution is -2.36. The lowest BCUT2D eigenvalue weighted by atomic mass is 10.2. The monoisotopic (exact) mass is 451 g/mol. The second kappa shape index (κ2) is 10.6. The van der Waals surface area contributed by atoms with Gasteiger partial charge in [0.05, 0.1) is 33.6 Å². The van der Waals surface area contributed by atoms with Crippen molar-refractivity contribution >= 4 is 22.1 Å². The highest BCUT2D eigenvalue weighted by Crippen LogP contribution is 2.30. The van der Waals surface area contributed by atoms with E-state index < -0.39 is 22.5 Å². The summed E-state index contributed by atoms with van der Waals surface area (Å²) in [7, 11) is 0.00295. The van der Waals surface area contributed by atoms with Crippen molar-refractivity contribution in [1.82, 2.24) is 9.73 Å². The topological polar surface area (TPSA) is 127 Å². The van der Waals surface area contributed by atoms with Crippen molar-refractivity contribution in [2.24, 2.45) is 5.10 Å². The van der Waals surface area contributed by atoms with Crippen LogP contribution in [-0.2, 0) is 14.8 Å². The molecule has 2 rings (SSSR count). The van der Waals surface area contributed by atoms with Crippen molar-refractivity contribution in [3.8, 4) is 23.0 Å². The maximum atomic E-state index is 12.9. The highest BCUT2D eigenvalue weighted by Gasteiger charge is 2.27. The number of methoxy groups -OCH3 is 2. The summed E-state index contributed by atoms with van der Waals surface area (Å²) in [4.78, 5) is 12.0. The Hall–Kier alpha value is -3.31. The fraction of sp³-hybridized carbons (Fsp3) is 0.300. The van der Waals surface area contributed by atoms with Crippen LogP contribution in [0.5, 0.6) is 23.0 Å². The number of carbonyl (C=O) groups is 1. The number of aromatic hydroxyl groups is 1. The average molecular weight is 452 g/mol. The normalized spacial score (nSPS) is 11.5. The summed E-state index contributed by atoms with van der Waals surface area (Å²) in [5.41, 5.74) is 2.84. The molecular weight excluding hydrogens is 426 g/mol. The number of hydrogen-bond acceptors (Lipinski definition) is 8. The Kier molecular flexibility index (Phi) is 8.22. The molecule has 0 aliphatic carbocycles.